The molecule has 19 heavy (non-hydrogen) atoms. The summed E-state index contributed by atoms with van der Waals surface area (Å²) in [6.07, 6.45) is 1.41. The molecule has 0 aliphatic carbocycles. The lowest BCUT2D eigenvalue weighted by Crippen LogP contribution is -2.47. The molecular weight excluding hydrogens is 264 g/mol. The van der Waals surface area contributed by atoms with Gasteiger partial charge >= 0.3 is 0 Å². The van der Waals surface area contributed by atoms with Crippen LogP contribution in [0.2, 0.25) is 0 Å². The van der Waals surface area contributed by atoms with Crippen molar-refractivity contribution >= 4 is 21.6 Å². The fourth-order valence-electron chi connectivity index (χ4n) is 1.95. The first-order chi connectivity index (χ1) is 8.68. The van der Waals surface area contributed by atoms with Crippen molar-refractivity contribution in [3.05, 3.63) is 29.3 Å². The number of aryl methyl sites for hydroxylation is 2. The Morgan fingerprint density at radius 1 is 1.32 bits per heavy atom. The molecule has 106 valence electrons. The Morgan fingerprint density at radius 2 is 1.89 bits per heavy atom. The maximum absolute atomic E-state index is 12.0. The van der Waals surface area contributed by atoms with Crippen molar-refractivity contribution in [1.29, 1.82) is 0 Å². The smallest absolute Gasteiger partial charge is 0.241 e. The minimum absolute atomic E-state index is 0.329. The van der Waals surface area contributed by atoms with Crippen LogP contribution < -0.4 is 10.0 Å². The number of primary amides is 1. The fraction of sp³-hybridized carbons (Fsp3) is 0.462. The highest BCUT2D eigenvalue weighted by Gasteiger charge is 2.29. The molecule has 5 nitrogen and oxygen atoms in total. The molecule has 2 N–H and O–H groups in total. The summed E-state index contributed by atoms with van der Waals surface area (Å²) in [6.45, 7) is 5.56. The van der Waals surface area contributed by atoms with Gasteiger partial charge in [-0.1, -0.05) is 13.0 Å². The number of sulfonamides is 1. The van der Waals surface area contributed by atoms with E-state index in [0.717, 1.165) is 21.7 Å². The first kappa shape index (κ1) is 15.5. The minimum atomic E-state index is -3.57. The van der Waals surface area contributed by atoms with Crippen molar-refractivity contribution in [3.8, 4) is 0 Å². The van der Waals surface area contributed by atoms with Gasteiger partial charge < -0.3 is 5.73 Å². The molecular formula is C13H20N2O3S. The molecule has 0 radical (unpaired) electrons. The summed E-state index contributed by atoms with van der Waals surface area (Å²) in [4.78, 5) is 11.5. The van der Waals surface area contributed by atoms with Gasteiger partial charge in [-0.25, -0.2) is 8.42 Å². The van der Waals surface area contributed by atoms with Crippen LogP contribution in [0.3, 0.4) is 0 Å². The molecule has 0 bridgehead atoms. The lowest BCUT2D eigenvalue weighted by Gasteiger charge is -2.29. The summed E-state index contributed by atoms with van der Waals surface area (Å²) in [5.74, 6) is -0.647. The summed E-state index contributed by atoms with van der Waals surface area (Å²) < 4.78 is 25.0. The van der Waals surface area contributed by atoms with E-state index in [1.54, 1.807) is 19.1 Å². The van der Waals surface area contributed by atoms with Crippen molar-refractivity contribution in [2.24, 2.45) is 5.73 Å². The maximum Gasteiger partial charge on any atom is 0.241 e. The lowest BCUT2D eigenvalue weighted by atomic mass is 10.1. The Kier molecular flexibility index (Phi) is 4.57. The summed E-state index contributed by atoms with van der Waals surface area (Å²) in [5, 5.41) is 0. The van der Waals surface area contributed by atoms with Crippen LogP contribution in [0.25, 0.3) is 0 Å². The van der Waals surface area contributed by atoms with Gasteiger partial charge in [-0.3, -0.25) is 9.10 Å². The predicted octanol–water partition coefficient (Wildman–Crippen LogP) is 1.33. The third-order valence-corrected chi connectivity index (χ3v) is 4.28. The van der Waals surface area contributed by atoms with Crippen LogP contribution in [0.15, 0.2) is 18.2 Å². The van der Waals surface area contributed by atoms with Crippen LogP contribution in [0, 0.1) is 13.8 Å². The average molecular weight is 284 g/mol. The molecule has 0 heterocycles. The molecule has 0 saturated carbocycles. The molecule has 1 aromatic carbocycles. The molecule has 0 aromatic heterocycles. The van der Waals surface area contributed by atoms with Crippen LogP contribution in [-0.2, 0) is 14.8 Å². The summed E-state index contributed by atoms with van der Waals surface area (Å²) in [6, 6.07) is 4.41. The van der Waals surface area contributed by atoms with E-state index in [1.807, 2.05) is 19.9 Å². The number of hydrogen-bond donors (Lipinski definition) is 1. The molecule has 0 aliphatic rings. The SMILES string of the molecule is CC[C@@H](C(N)=O)N(c1ccc(C)c(C)c1)S(C)(=O)=O. The second-order valence-corrected chi connectivity index (χ2v) is 6.51. The first-order valence-electron chi connectivity index (χ1n) is 6.04. The Morgan fingerprint density at radius 3 is 2.26 bits per heavy atom. The third kappa shape index (κ3) is 3.47. The first-order valence-corrected chi connectivity index (χ1v) is 7.89. The maximum atomic E-state index is 12.0. The van der Waals surface area contributed by atoms with E-state index in [9.17, 15) is 13.2 Å². The quantitative estimate of drug-likeness (QED) is 0.885. The monoisotopic (exact) mass is 284 g/mol. The lowest BCUT2D eigenvalue weighted by molar-refractivity contribution is -0.119. The van der Waals surface area contributed by atoms with E-state index in [0.29, 0.717) is 12.1 Å². The van der Waals surface area contributed by atoms with Gasteiger partial charge in [-0.2, -0.15) is 0 Å². The largest absolute Gasteiger partial charge is 0.368 e. The molecule has 1 rings (SSSR count). The van der Waals surface area contributed by atoms with Gasteiger partial charge in [0.25, 0.3) is 0 Å². The van der Waals surface area contributed by atoms with E-state index < -0.39 is 22.0 Å². The molecule has 6 heteroatoms. The summed E-state index contributed by atoms with van der Waals surface area (Å²) in [5.41, 5.74) is 7.80. The van der Waals surface area contributed by atoms with Gasteiger partial charge in [0.1, 0.15) is 6.04 Å². The third-order valence-electron chi connectivity index (χ3n) is 3.10. The number of nitrogens with zero attached hydrogens (tertiary/aromatic N) is 1. The number of amides is 1. The highest BCUT2D eigenvalue weighted by molar-refractivity contribution is 7.92. The van der Waals surface area contributed by atoms with Gasteiger partial charge in [0.15, 0.2) is 0 Å². The van der Waals surface area contributed by atoms with E-state index in [-0.39, 0.29) is 0 Å². The van der Waals surface area contributed by atoms with E-state index >= 15 is 0 Å². The summed E-state index contributed by atoms with van der Waals surface area (Å²) >= 11 is 0. The number of anilines is 1. The molecule has 0 unspecified atom stereocenters. The predicted molar refractivity (Wildman–Crippen MR) is 76.5 cm³/mol. The molecule has 1 amide bonds. The zero-order valence-corrected chi connectivity index (χ0v) is 12.5. The van der Waals surface area contributed by atoms with E-state index in [1.165, 1.54) is 0 Å². The van der Waals surface area contributed by atoms with Crippen LogP contribution in [-0.4, -0.2) is 26.6 Å². The molecule has 1 aromatic rings. The van der Waals surface area contributed by atoms with E-state index in [4.69, 9.17) is 5.73 Å². The van der Waals surface area contributed by atoms with Crippen molar-refractivity contribution in [3.63, 3.8) is 0 Å². The summed E-state index contributed by atoms with van der Waals surface area (Å²) in [7, 11) is -3.57. The van der Waals surface area contributed by atoms with Crippen LogP contribution in [0.4, 0.5) is 5.69 Å². The standard InChI is InChI=1S/C13H20N2O3S/c1-5-12(13(14)16)15(19(4,17)18)11-7-6-9(2)10(3)8-11/h6-8,12H,5H2,1-4H3,(H2,14,16)/t12-/m0/s1. The Balaban J connectivity index is 3.40. The fourth-order valence-corrected chi connectivity index (χ4v) is 3.16. The number of carbonyl (C=O) groups is 1. The van der Waals surface area contributed by atoms with E-state index in [2.05, 4.69) is 0 Å². The van der Waals surface area contributed by atoms with Crippen molar-refractivity contribution in [2.45, 2.75) is 33.2 Å². The second kappa shape index (κ2) is 5.61. The topological polar surface area (TPSA) is 80.5 Å². The number of benzene rings is 1. The number of carbonyl (C=O) groups excluding carboxylic acids is 1. The van der Waals surface area contributed by atoms with Gasteiger partial charge in [-0.15, -0.1) is 0 Å². The normalized spacial score (nSPS) is 13.1. The Hall–Kier alpha value is -1.56. The number of nitrogens with two attached hydrogens (primary N) is 1. The Bertz CT molecular complexity index is 582. The molecule has 1 atom stereocenters. The average Bonchev–Trinajstić information content (AvgIpc) is 2.27. The number of rotatable bonds is 5. The molecule has 0 saturated heterocycles. The zero-order valence-electron chi connectivity index (χ0n) is 11.7. The second-order valence-electron chi connectivity index (χ2n) is 4.65. The zero-order chi connectivity index (χ0) is 14.8. The van der Waals surface area contributed by atoms with Crippen molar-refractivity contribution in [2.75, 3.05) is 10.6 Å². The van der Waals surface area contributed by atoms with Gasteiger partial charge in [0, 0.05) is 0 Å². The minimum Gasteiger partial charge on any atom is -0.368 e. The molecule has 0 spiro atoms. The van der Waals surface area contributed by atoms with Crippen LogP contribution >= 0.6 is 0 Å². The van der Waals surface area contributed by atoms with Crippen molar-refractivity contribution < 1.29 is 13.2 Å². The highest BCUT2D eigenvalue weighted by atomic mass is 32.2. The van der Waals surface area contributed by atoms with Gasteiger partial charge in [0.2, 0.25) is 15.9 Å². The highest BCUT2D eigenvalue weighted by Crippen LogP contribution is 2.24. The van der Waals surface area contributed by atoms with Crippen LogP contribution in [0.1, 0.15) is 24.5 Å². The molecule has 0 fully saturated rings. The molecule has 0 aliphatic heterocycles. The van der Waals surface area contributed by atoms with Gasteiger partial charge in [0.05, 0.1) is 11.9 Å². The van der Waals surface area contributed by atoms with Crippen LogP contribution in [0.5, 0.6) is 0 Å². The van der Waals surface area contributed by atoms with Crippen molar-refractivity contribution in [1.82, 2.24) is 0 Å². The Labute approximate surface area is 114 Å². The number of hydrogen-bond acceptors (Lipinski definition) is 3. The van der Waals surface area contributed by atoms with Gasteiger partial charge in [-0.05, 0) is 43.5 Å².